The maximum absolute atomic E-state index is 12.7. The molecule has 0 radical (unpaired) electrons. The largest absolute Gasteiger partial charge is 0.508 e. The number of phenols is 2. The summed E-state index contributed by atoms with van der Waals surface area (Å²) in [6.45, 7) is 2.96. The number of rotatable bonds is 3. The number of carbonyl (C=O) groups is 2. The number of ketones is 2. The van der Waals surface area contributed by atoms with Gasteiger partial charge in [-0.3, -0.25) is 14.9 Å². The van der Waals surface area contributed by atoms with Crippen LogP contribution in [0, 0.1) is 5.92 Å². The molecule has 0 aliphatic carbocycles. The lowest BCUT2D eigenvalue weighted by atomic mass is 9.80. The van der Waals surface area contributed by atoms with Gasteiger partial charge in [-0.2, -0.15) is 0 Å². The molecular formula is C33H38N2O5S2. The number of aromatic hydroxyl groups is 2. The minimum absolute atomic E-state index is 0.0223. The van der Waals surface area contributed by atoms with Crippen molar-refractivity contribution in [1.82, 2.24) is 10.6 Å². The van der Waals surface area contributed by atoms with Gasteiger partial charge in [0.05, 0.1) is 18.3 Å². The Bertz CT molecular complexity index is 1440. The molecule has 3 heterocycles. The first-order valence-electron chi connectivity index (χ1n) is 14.4. The number of dihydropyridines is 1. The lowest BCUT2D eigenvalue weighted by Crippen LogP contribution is -2.53. The fraction of sp³-hybridized carbons (Fsp3) is 0.394. The maximum Gasteiger partial charge on any atom is 0.163 e. The van der Waals surface area contributed by atoms with E-state index in [1.807, 2.05) is 39.9 Å². The Morgan fingerprint density at radius 1 is 1.12 bits per heavy atom. The summed E-state index contributed by atoms with van der Waals surface area (Å²) in [5, 5.41) is 28.3. The SMILES string of the molecule is CC[C@@H]1CCC(=O)CC(=O)/C=C/c2cc(OC)c(O)cc2CC2=CNC3NCC[C@@](c4cccc(O)c4)(SSC1)C3=C2. The molecule has 7 nitrogen and oxygen atoms in total. The summed E-state index contributed by atoms with van der Waals surface area (Å²) >= 11 is 0. The molecule has 1 unspecified atom stereocenters. The number of allylic oxidation sites excluding steroid dienone is 3. The quantitative estimate of drug-likeness (QED) is 0.246. The van der Waals surface area contributed by atoms with Crippen molar-refractivity contribution in [2.75, 3.05) is 19.4 Å². The number of hydrogen-bond donors (Lipinski definition) is 4. The van der Waals surface area contributed by atoms with Gasteiger partial charge >= 0.3 is 0 Å². The third-order valence-electron chi connectivity index (χ3n) is 8.26. The molecule has 5 rings (SSSR count). The van der Waals surface area contributed by atoms with Gasteiger partial charge in [-0.1, -0.05) is 59.2 Å². The van der Waals surface area contributed by atoms with Crippen molar-refractivity contribution in [3.8, 4) is 17.2 Å². The summed E-state index contributed by atoms with van der Waals surface area (Å²) in [7, 11) is 5.15. The molecule has 42 heavy (non-hydrogen) atoms. The van der Waals surface area contributed by atoms with E-state index in [0.717, 1.165) is 53.8 Å². The standard InChI is InChI=1S/C33H38N2O5S2/c1-3-21-7-9-27(37)18-28(38)10-8-23-16-31(40-2)30(39)15-24(23)13-22-14-29-32(35-19-22)34-12-11-33(29,42-41-20-21)25-5-4-6-26(36)17-25/h4-6,8,10,14-17,19,21,32,34-36,39H,3,7,9,11-13,18,20H2,1-2H3/b10-8+/t21-,32?,33+/m1/s1. The molecule has 3 aliphatic rings. The second-order valence-corrected chi connectivity index (χ2v) is 13.7. The van der Waals surface area contributed by atoms with Crippen molar-refractivity contribution in [1.29, 1.82) is 0 Å². The lowest BCUT2D eigenvalue weighted by molar-refractivity contribution is -0.124. The average molecular weight is 607 g/mol. The van der Waals surface area contributed by atoms with E-state index in [-0.39, 0.29) is 40.4 Å². The van der Waals surface area contributed by atoms with E-state index in [0.29, 0.717) is 24.5 Å². The maximum atomic E-state index is 12.7. The molecule has 9 heteroatoms. The summed E-state index contributed by atoms with van der Waals surface area (Å²) in [6, 6.07) is 11.0. The van der Waals surface area contributed by atoms with Crippen molar-refractivity contribution in [3.05, 3.63) is 82.6 Å². The average Bonchev–Trinajstić information content (AvgIpc) is 2.98. The van der Waals surface area contributed by atoms with Crippen LogP contribution >= 0.6 is 21.6 Å². The van der Waals surface area contributed by atoms with Gasteiger partial charge in [0, 0.05) is 18.4 Å². The van der Waals surface area contributed by atoms with Crippen LogP contribution in [0.1, 0.15) is 55.7 Å². The van der Waals surface area contributed by atoms with Gasteiger partial charge in [-0.25, -0.2) is 0 Å². The van der Waals surface area contributed by atoms with Crippen molar-refractivity contribution in [3.63, 3.8) is 0 Å². The Kier molecular flexibility index (Phi) is 9.70. The topological polar surface area (TPSA) is 108 Å². The number of carbonyl (C=O) groups excluding carboxylic acids is 2. The van der Waals surface area contributed by atoms with E-state index in [2.05, 4.69) is 29.7 Å². The Morgan fingerprint density at radius 2 is 1.98 bits per heavy atom. The number of ether oxygens (including phenoxy) is 1. The number of hydrogen-bond acceptors (Lipinski definition) is 9. The minimum atomic E-state index is -0.386. The Labute approximate surface area is 255 Å². The normalized spacial score (nSPS) is 26.0. The molecular weight excluding hydrogens is 569 g/mol. The summed E-state index contributed by atoms with van der Waals surface area (Å²) in [5.41, 5.74) is 4.83. The fourth-order valence-electron chi connectivity index (χ4n) is 5.81. The summed E-state index contributed by atoms with van der Waals surface area (Å²) in [6.07, 6.45) is 10.7. The van der Waals surface area contributed by atoms with Crippen LogP contribution in [0.3, 0.4) is 0 Å². The lowest BCUT2D eigenvalue weighted by Gasteiger charge is -2.45. The first kappa shape index (κ1) is 30.3. The zero-order valence-corrected chi connectivity index (χ0v) is 25.7. The predicted molar refractivity (Wildman–Crippen MR) is 171 cm³/mol. The number of nitrogens with one attached hydrogen (secondary N) is 2. The minimum Gasteiger partial charge on any atom is -0.508 e. The highest BCUT2D eigenvalue weighted by molar-refractivity contribution is 8.77. The van der Waals surface area contributed by atoms with Crippen LogP contribution < -0.4 is 15.4 Å². The van der Waals surface area contributed by atoms with Gasteiger partial charge < -0.3 is 20.3 Å². The van der Waals surface area contributed by atoms with Crippen molar-refractivity contribution >= 4 is 39.2 Å². The van der Waals surface area contributed by atoms with Crippen molar-refractivity contribution in [2.45, 2.75) is 56.4 Å². The van der Waals surface area contributed by atoms with E-state index in [1.165, 1.54) is 18.8 Å². The molecule has 222 valence electrons. The van der Waals surface area contributed by atoms with Crippen LogP contribution in [-0.2, 0) is 20.8 Å². The van der Waals surface area contributed by atoms with Crippen LogP contribution in [0.15, 0.2) is 65.9 Å². The van der Waals surface area contributed by atoms with E-state index in [4.69, 9.17) is 4.74 Å². The first-order valence-corrected chi connectivity index (χ1v) is 16.8. The van der Waals surface area contributed by atoms with Crippen molar-refractivity contribution < 1.29 is 24.5 Å². The summed E-state index contributed by atoms with van der Waals surface area (Å²) in [5.74, 6) is 1.55. The molecule has 1 fully saturated rings. The van der Waals surface area contributed by atoms with E-state index in [9.17, 15) is 19.8 Å². The smallest absolute Gasteiger partial charge is 0.163 e. The van der Waals surface area contributed by atoms with Crippen LogP contribution in [0.4, 0.5) is 0 Å². The van der Waals surface area contributed by atoms with Crippen LogP contribution in [-0.4, -0.2) is 47.4 Å². The summed E-state index contributed by atoms with van der Waals surface area (Å²) < 4.78 is 4.96. The van der Waals surface area contributed by atoms with Gasteiger partial charge in [-0.15, -0.1) is 0 Å². The van der Waals surface area contributed by atoms with Gasteiger partial charge in [0.2, 0.25) is 0 Å². The highest BCUT2D eigenvalue weighted by atomic mass is 33.1. The molecule has 0 spiro atoms. The molecule has 3 aliphatic heterocycles. The number of fused-ring (bicyclic) bond motifs is 2. The second-order valence-electron chi connectivity index (χ2n) is 11.1. The number of phenolic OH excluding ortho intramolecular Hbond substituents is 2. The monoisotopic (exact) mass is 606 g/mol. The zero-order chi connectivity index (χ0) is 29.7. The number of methoxy groups -OCH3 is 1. The number of piperidine rings is 1. The van der Waals surface area contributed by atoms with E-state index >= 15 is 0 Å². The number of benzene rings is 2. The zero-order valence-electron chi connectivity index (χ0n) is 24.0. The van der Waals surface area contributed by atoms with Gasteiger partial charge in [-0.05, 0) is 89.9 Å². The highest BCUT2D eigenvalue weighted by Crippen LogP contribution is 2.55. The van der Waals surface area contributed by atoms with Crippen LogP contribution in [0.5, 0.6) is 17.2 Å². The third kappa shape index (κ3) is 6.74. The Hall–Kier alpha value is -3.14. The predicted octanol–water partition coefficient (Wildman–Crippen LogP) is 6.02. The molecule has 4 N–H and O–H groups in total. The summed E-state index contributed by atoms with van der Waals surface area (Å²) in [4.78, 5) is 25.4. The highest BCUT2D eigenvalue weighted by Gasteiger charge is 2.44. The van der Waals surface area contributed by atoms with Crippen LogP contribution in [0.25, 0.3) is 6.08 Å². The van der Waals surface area contributed by atoms with Crippen molar-refractivity contribution in [2.24, 2.45) is 5.92 Å². The number of Topliss-reactive ketones (excluding diaryl/α,β-unsaturated/α-hetero) is 1. The van der Waals surface area contributed by atoms with E-state index < -0.39 is 0 Å². The third-order valence-corrected chi connectivity index (χ3v) is 11.6. The Morgan fingerprint density at radius 3 is 2.76 bits per heavy atom. The van der Waals surface area contributed by atoms with E-state index in [1.54, 1.807) is 24.3 Å². The first-order chi connectivity index (χ1) is 20.3. The molecule has 1 saturated heterocycles. The van der Waals surface area contributed by atoms with Gasteiger partial charge in [0.1, 0.15) is 17.7 Å². The van der Waals surface area contributed by atoms with Crippen LogP contribution in [0.2, 0.25) is 0 Å². The molecule has 0 aromatic heterocycles. The Balaban J connectivity index is 1.60. The van der Waals surface area contributed by atoms with Gasteiger partial charge in [0.25, 0.3) is 0 Å². The molecule has 2 bridgehead atoms. The fourth-order valence-corrected chi connectivity index (χ4v) is 9.57. The molecule has 3 atom stereocenters. The molecule has 0 saturated carbocycles. The second kappa shape index (κ2) is 13.4. The molecule has 2 aromatic rings. The van der Waals surface area contributed by atoms with Gasteiger partial charge in [0.15, 0.2) is 17.3 Å². The molecule has 2 aromatic carbocycles. The molecule has 0 amide bonds.